The summed E-state index contributed by atoms with van der Waals surface area (Å²) in [4.78, 5) is 0. The fourth-order valence-electron chi connectivity index (χ4n) is 1.86. The number of rotatable bonds is 5. The third-order valence-corrected chi connectivity index (χ3v) is 3.06. The van der Waals surface area contributed by atoms with Crippen molar-refractivity contribution in [2.24, 2.45) is 5.73 Å². The van der Waals surface area contributed by atoms with E-state index in [1.165, 1.54) is 12.1 Å². The first-order chi connectivity index (χ1) is 10.4. The summed E-state index contributed by atoms with van der Waals surface area (Å²) >= 11 is 6.06. The van der Waals surface area contributed by atoms with Crippen molar-refractivity contribution in [2.75, 3.05) is 13.2 Å². The van der Waals surface area contributed by atoms with Crippen LogP contribution in [-0.2, 0) is 0 Å². The fraction of sp³-hybridized carbons (Fsp3) is 0.200. The van der Waals surface area contributed by atoms with Gasteiger partial charge in [-0.3, -0.25) is 0 Å². The Balaban J connectivity index is 2.42. The molecule has 0 saturated heterocycles. The van der Waals surface area contributed by atoms with Gasteiger partial charge in [0.25, 0.3) is 0 Å². The highest BCUT2D eigenvalue weighted by molar-refractivity contribution is 6.33. The Kier molecular flexibility index (Phi) is 5.15. The van der Waals surface area contributed by atoms with Crippen LogP contribution >= 0.6 is 11.6 Å². The van der Waals surface area contributed by atoms with Crippen LogP contribution in [0.4, 0.5) is 13.2 Å². The minimum Gasteiger partial charge on any atom is -0.488 e. The first-order valence-corrected chi connectivity index (χ1v) is 6.76. The van der Waals surface area contributed by atoms with Gasteiger partial charge in [-0.2, -0.15) is 0 Å². The van der Waals surface area contributed by atoms with Gasteiger partial charge in [0.2, 0.25) is 0 Å². The second kappa shape index (κ2) is 6.89. The van der Waals surface area contributed by atoms with E-state index in [1.54, 1.807) is 30.3 Å². The van der Waals surface area contributed by atoms with Crippen molar-refractivity contribution >= 4 is 11.6 Å². The van der Waals surface area contributed by atoms with E-state index in [9.17, 15) is 13.2 Å². The van der Waals surface area contributed by atoms with Crippen molar-refractivity contribution in [2.45, 2.75) is 6.36 Å². The van der Waals surface area contributed by atoms with Crippen LogP contribution in [0.3, 0.4) is 0 Å². The average molecular weight is 332 g/mol. The highest BCUT2D eigenvalue weighted by Gasteiger charge is 2.32. The van der Waals surface area contributed by atoms with Gasteiger partial charge < -0.3 is 15.2 Å². The first-order valence-electron chi connectivity index (χ1n) is 6.38. The Morgan fingerprint density at radius 2 is 1.77 bits per heavy atom. The molecule has 0 aliphatic heterocycles. The second-order valence-electron chi connectivity index (χ2n) is 4.33. The Bertz CT molecular complexity index is 647. The summed E-state index contributed by atoms with van der Waals surface area (Å²) < 4.78 is 46.8. The molecule has 0 unspecified atom stereocenters. The summed E-state index contributed by atoms with van der Waals surface area (Å²) in [6, 6.07) is 11.1. The highest BCUT2D eigenvalue weighted by atomic mass is 35.5. The van der Waals surface area contributed by atoms with E-state index in [0.29, 0.717) is 16.1 Å². The monoisotopic (exact) mass is 331 g/mol. The summed E-state index contributed by atoms with van der Waals surface area (Å²) in [6.45, 7) is 0.261. The molecule has 2 N–H and O–H groups in total. The molecule has 3 nitrogen and oxygen atoms in total. The Morgan fingerprint density at radius 3 is 2.41 bits per heavy atom. The maximum absolute atomic E-state index is 12.5. The van der Waals surface area contributed by atoms with Crippen LogP contribution in [0.1, 0.15) is 0 Å². The molecule has 0 saturated carbocycles. The quantitative estimate of drug-likeness (QED) is 0.891. The molecule has 2 aromatic rings. The van der Waals surface area contributed by atoms with Crippen LogP contribution in [0.5, 0.6) is 11.5 Å². The SMILES string of the molecule is NCCOc1ccc(-c2ccccc2Cl)cc1OC(F)(F)F. The molecule has 2 rings (SSSR count). The lowest BCUT2D eigenvalue weighted by Gasteiger charge is -2.15. The molecule has 0 radical (unpaired) electrons. The predicted molar refractivity (Wildman–Crippen MR) is 78.1 cm³/mol. The van der Waals surface area contributed by atoms with Gasteiger partial charge >= 0.3 is 6.36 Å². The van der Waals surface area contributed by atoms with E-state index in [4.69, 9.17) is 22.1 Å². The summed E-state index contributed by atoms with van der Waals surface area (Å²) in [5.74, 6) is -0.461. The molecule has 0 aromatic heterocycles. The molecule has 0 bridgehead atoms. The van der Waals surface area contributed by atoms with Gasteiger partial charge in [-0.1, -0.05) is 35.9 Å². The molecular formula is C15H13ClF3NO2. The van der Waals surface area contributed by atoms with Crippen molar-refractivity contribution in [3.05, 3.63) is 47.5 Å². The number of hydrogen-bond acceptors (Lipinski definition) is 3. The lowest BCUT2D eigenvalue weighted by molar-refractivity contribution is -0.275. The topological polar surface area (TPSA) is 44.5 Å². The molecule has 0 fully saturated rings. The minimum atomic E-state index is -4.82. The van der Waals surface area contributed by atoms with E-state index in [-0.39, 0.29) is 18.9 Å². The number of ether oxygens (including phenoxy) is 2. The van der Waals surface area contributed by atoms with Gasteiger partial charge in [-0.25, -0.2) is 0 Å². The van der Waals surface area contributed by atoms with Crippen LogP contribution in [0.25, 0.3) is 11.1 Å². The first kappa shape index (κ1) is 16.5. The Labute approximate surface area is 130 Å². The van der Waals surface area contributed by atoms with Crippen molar-refractivity contribution in [1.29, 1.82) is 0 Å². The molecule has 0 atom stereocenters. The molecule has 118 valence electrons. The third-order valence-electron chi connectivity index (χ3n) is 2.73. The minimum absolute atomic E-state index is 0.0291. The lowest BCUT2D eigenvalue weighted by atomic mass is 10.1. The summed E-state index contributed by atoms with van der Waals surface area (Å²) in [5, 5.41) is 0.427. The van der Waals surface area contributed by atoms with E-state index in [1.807, 2.05) is 0 Å². The second-order valence-corrected chi connectivity index (χ2v) is 4.73. The van der Waals surface area contributed by atoms with Gasteiger partial charge in [-0.15, -0.1) is 13.2 Å². The van der Waals surface area contributed by atoms with Crippen molar-refractivity contribution in [3.8, 4) is 22.6 Å². The van der Waals surface area contributed by atoms with Crippen molar-refractivity contribution < 1.29 is 22.6 Å². The molecular weight excluding hydrogens is 319 g/mol. The maximum Gasteiger partial charge on any atom is 0.573 e. The average Bonchev–Trinajstić information content (AvgIpc) is 2.45. The van der Waals surface area contributed by atoms with Crippen LogP contribution in [0.2, 0.25) is 5.02 Å². The lowest BCUT2D eigenvalue weighted by Crippen LogP contribution is -2.18. The van der Waals surface area contributed by atoms with Gasteiger partial charge in [0.1, 0.15) is 6.61 Å². The van der Waals surface area contributed by atoms with Crippen LogP contribution < -0.4 is 15.2 Å². The molecule has 0 amide bonds. The molecule has 2 aromatic carbocycles. The van der Waals surface area contributed by atoms with Gasteiger partial charge in [0.15, 0.2) is 11.5 Å². The molecule has 22 heavy (non-hydrogen) atoms. The normalized spacial score (nSPS) is 11.3. The fourth-order valence-corrected chi connectivity index (χ4v) is 2.11. The van der Waals surface area contributed by atoms with Gasteiger partial charge in [0.05, 0.1) is 0 Å². The zero-order valence-electron chi connectivity index (χ0n) is 11.4. The molecule has 0 heterocycles. The van der Waals surface area contributed by atoms with E-state index >= 15 is 0 Å². The smallest absolute Gasteiger partial charge is 0.488 e. The Morgan fingerprint density at radius 1 is 1.05 bits per heavy atom. The van der Waals surface area contributed by atoms with Crippen molar-refractivity contribution in [1.82, 2.24) is 0 Å². The zero-order valence-corrected chi connectivity index (χ0v) is 12.1. The summed E-state index contributed by atoms with van der Waals surface area (Å²) in [7, 11) is 0. The third kappa shape index (κ3) is 4.29. The number of nitrogens with two attached hydrogens (primary N) is 1. The zero-order chi connectivity index (χ0) is 16.2. The van der Waals surface area contributed by atoms with Gasteiger partial charge in [-0.05, 0) is 23.8 Å². The van der Waals surface area contributed by atoms with Crippen LogP contribution in [-0.4, -0.2) is 19.5 Å². The largest absolute Gasteiger partial charge is 0.573 e. The van der Waals surface area contributed by atoms with Gasteiger partial charge in [0, 0.05) is 17.1 Å². The molecule has 7 heteroatoms. The number of halogens is 4. The summed E-state index contributed by atoms with van der Waals surface area (Å²) in [5.41, 5.74) is 6.38. The number of hydrogen-bond donors (Lipinski definition) is 1. The maximum atomic E-state index is 12.5. The molecule has 0 aliphatic carbocycles. The highest BCUT2D eigenvalue weighted by Crippen LogP contribution is 2.37. The Hall–Kier alpha value is -1.92. The van der Waals surface area contributed by atoms with E-state index in [0.717, 1.165) is 0 Å². The predicted octanol–water partition coefficient (Wildman–Crippen LogP) is 4.24. The van der Waals surface area contributed by atoms with E-state index in [2.05, 4.69) is 4.74 Å². The van der Waals surface area contributed by atoms with Crippen molar-refractivity contribution in [3.63, 3.8) is 0 Å². The summed E-state index contributed by atoms with van der Waals surface area (Å²) in [6.07, 6.45) is -4.82. The standard InChI is InChI=1S/C15H13ClF3NO2/c16-12-4-2-1-3-11(12)10-5-6-13(21-8-7-20)14(9-10)22-15(17,18)19/h1-6,9H,7-8,20H2. The molecule has 0 spiro atoms. The van der Waals surface area contributed by atoms with Crippen LogP contribution in [0.15, 0.2) is 42.5 Å². The van der Waals surface area contributed by atoms with Crippen LogP contribution in [0, 0.1) is 0 Å². The number of benzene rings is 2. The molecule has 0 aliphatic rings. The number of alkyl halides is 3. The van der Waals surface area contributed by atoms with E-state index < -0.39 is 12.1 Å².